The Balaban J connectivity index is 1.31. The summed E-state index contributed by atoms with van der Waals surface area (Å²) in [6.07, 6.45) is 4.86. The van der Waals surface area contributed by atoms with Gasteiger partial charge in [-0.25, -0.2) is 9.37 Å². The van der Waals surface area contributed by atoms with Gasteiger partial charge in [0.15, 0.2) is 0 Å². The molecule has 1 fully saturated rings. The fourth-order valence-electron chi connectivity index (χ4n) is 4.84. The Morgan fingerprint density at radius 1 is 1.22 bits per heavy atom. The zero-order valence-electron chi connectivity index (χ0n) is 20.5. The zero-order chi connectivity index (χ0) is 26.0. The van der Waals surface area contributed by atoms with E-state index in [4.69, 9.17) is 23.2 Å². The number of nitrogens with one attached hydrogen (secondary N) is 2. The van der Waals surface area contributed by atoms with Crippen LogP contribution in [-0.4, -0.2) is 51.4 Å². The van der Waals surface area contributed by atoms with Gasteiger partial charge in [-0.2, -0.15) is 0 Å². The lowest BCUT2D eigenvalue weighted by Gasteiger charge is -2.23. The van der Waals surface area contributed by atoms with E-state index in [1.54, 1.807) is 31.5 Å². The van der Waals surface area contributed by atoms with Gasteiger partial charge in [0.05, 0.1) is 16.1 Å². The third kappa shape index (κ3) is 5.82. The van der Waals surface area contributed by atoms with Crippen molar-refractivity contribution in [3.8, 4) is 0 Å². The molecule has 1 aliphatic rings. The summed E-state index contributed by atoms with van der Waals surface area (Å²) in [5, 5.41) is 7.26. The molecule has 0 saturated carbocycles. The summed E-state index contributed by atoms with van der Waals surface area (Å²) in [6.45, 7) is 5.43. The van der Waals surface area contributed by atoms with Crippen LogP contribution in [0.3, 0.4) is 0 Å². The lowest BCUT2D eigenvalue weighted by molar-refractivity contribution is -0.131. The minimum Gasteiger partial charge on any atom is -0.350 e. The second kappa shape index (κ2) is 11.2. The SMILES string of the molecule is CCN1C[C@@H](Cc2ccc(F)c(Cl)c2)C[C@@H]1C(=O)N[C@@H](C)C(=O)NCc1cnc2c(c1)c(Cl)cn2C. The summed E-state index contributed by atoms with van der Waals surface area (Å²) in [6, 6.07) is 5.64. The molecule has 3 atom stereocenters. The number of hydrogen-bond acceptors (Lipinski definition) is 4. The van der Waals surface area contributed by atoms with Gasteiger partial charge in [-0.3, -0.25) is 14.5 Å². The van der Waals surface area contributed by atoms with Crippen LogP contribution in [0.15, 0.2) is 36.7 Å². The number of hydrogen-bond donors (Lipinski definition) is 2. The van der Waals surface area contributed by atoms with Crippen molar-refractivity contribution in [3.63, 3.8) is 0 Å². The normalized spacial score (nSPS) is 18.9. The van der Waals surface area contributed by atoms with Gasteiger partial charge in [-0.05, 0) is 61.6 Å². The number of benzene rings is 1. The number of carbonyl (C=O) groups is 2. The molecule has 2 amide bonds. The van der Waals surface area contributed by atoms with Crippen molar-refractivity contribution < 1.29 is 14.0 Å². The predicted octanol–water partition coefficient (Wildman–Crippen LogP) is 4.09. The summed E-state index contributed by atoms with van der Waals surface area (Å²) < 4.78 is 15.3. The van der Waals surface area contributed by atoms with Crippen LogP contribution in [0.25, 0.3) is 11.0 Å². The number of likely N-dealkylation sites (tertiary alicyclic amines) is 1. The van der Waals surface area contributed by atoms with Crippen LogP contribution < -0.4 is 10.6 Å². The number of carbonyl (C=O) groups excluding carboxylic acids is 2. The molecule has 2 N–H and O–H groups in total. The van der Waals surface area contributed by atoms with Gasteiger partial charge >= 0.3 is 0 Å². The average molecular weight is 534 g/mol. The van der Waals surface area contributed by atoms with E-state index in [1.165, 1.54) is 6.07 Å². The molecule has 4 rings (SSSR count). The number of pyridine rings is 1. The molecule has 0 radical (unpaired) electrons. The molecule has 192 valence electrons. The van der Waals surface area contributed by atoms with Crippen molar-refractivity contribution in [2.24, 2.45) is 13.0 Å². The molecule has 0 spiro atoms. The van der Waals surface area contributed by atoms with E-state index in [-0.39, 0.29) is 35.3 Å². The summed E-state index contributed by atoms with van der Waals surface area (Å²) >= 11 is 12.2. The third-order valence-corrected chi connectivity index (χ3v) is 7.34. The number of rotatable bonds is 8. The van der Waals surface area contributed by atoms with E-state index in [0.717, 1.165) is 35.2 Å². The summed E-state index contributed by atoms with van der Waals surface area (Å²) in [5.74, 6) is -0.648. The number of nitrogens with zero attached hydrogens (tertiary/aromatic N) is 3. The van der Waals surface area contributed by atoms with Crippen molar-refractivity contribution in [2.45, 2.75) is 45.3 Å². The maximum Gasteiger partial charge on any atom is 0.242 e. The summed E-state index contributed by atoms with van der Waals surface area (Å²) in [7, 11) is 1.87. The van der Waals surface area contributed by atoms with Crippen molar-refractivity contribution >= 4 is 46.0 Å². The molecule has 1 aromatic carbocycles. The molecular formula is C26H30Cl2FN5O2. The van der Waals surface area contributed by atoms with Crippen LogP contribution >= 0.6 is 23.2 Å². The van der Waals surface area contributed by atoms with Gasteiger partial charge in [0.25, 0.3) is 0 Å². The first-order valence-electron chi connectivity index (χ1n) is 12.0. The molecule has 3 aromatic rings. The first kappa shape index (κ1) is 26.4. The molecule has 36 heavy (non-hydrogen) atoms. The molecule has 0 unspecified atom stereocenters. The van der Waals surface area contributed by atoms with Crippen molar-refractivity contribution in [3.05, 3.63) is 63.6 Å². The Hall–Kier alpha value is -2.68. The van der Waals surface area contributed by atoms with E-state index >= 15 is 0 Å². The van der Waals surface area contributed by atoms with E-state index in [1.807, 2.05) is 24.6 Å². The van der Waals surface area contributed by atoms with Crippen LogP contribution in [0.4, 0.5) is 4.39 Å². The van der Waals surface area contributed by atoms with E-state index in [2.05, 4.69) is 20.5 Å². The Morgan fingerprint density at radius 3 is 2.72 bits per heavy atom. The molecule has 1 saturated heterocycles. The van der Waals surface area contributed by atoms with Gasteiger partial charge < -0.3 is 15.2 Å². The van der Waals surface area contributed by atoms with Gasteiger partial charge in [-0.1, -0.05) is 36.2 Å². The zero-order valence-corrected chi connectivity index (χ0v) is 22.0. The quantitative estimate of drug-likeness (QED) is 0.457. The number of aromatic nitrogens is 2. The van der Waals surface area contributed by atoms with E-state index < -0.39 is 11.9 Å². The average Bonchev–Trinajstić information content (AvgIpc) is 3.39. The molecule has 3 heterocycles. The molecule has 7 nitrogen and oxygen atoms in total. The Bertz CT molecular complexity index is 1280. The van der Waals surface area contributed by atoms with Gasteiger partial charge in [0, 0.05) is 37.9 Å². The number of aryl methyl sites for hydroxylation is 1. The van der Waals surface area contributed by atoms with Crippen molar-refractivity contribution in [1.29, 1.82) is 0 Å². The predicted molar refractivity (Wildman–Crippen MR) is 139 cm³/mol. The minimum atomic E-state index is -0.692. The monoisotopic (exact) mass is 533 g/mol. The van der Waals surface area contributed by atoms with Crippen LogP contribution in [0.1, 0.15) is 31.4 Å². The third-order valence-electron chi connectivity index (χ3n) is 6.75. The second-order valence-corrected chi connectivity index (χ2v) is 10.2. The molecule has 0 bridgehead atoms. The standard InChI is InChI=1S/C26H30Cl2FN5O2/c1-4-34-13-17(7-16-5-6-22(29)20(27)9-16)10-23(34)26(36)32-15(2)25(35)31-12-18-8-19-21(28)14-33(3)24(19)30-11-18/h5-6,8-9,11,14-15,17,23H,4,7,10,12-13H2,1-3H3,(H,31,35)(H,32,36)/t15-,17-,23+/m0/s1. The number of amides is 2. The van der Waals surface area contributed by atoms with Gasteiger partial charge in [0.2, 0.25) is 11.8 Å². The highest BCUT2D eigenvalue weighted by Crippen LogP contribution is 2.28. The Morgan fingerprint density at radius 2 is 2.00 bits per heavy atom. The second-order valence-electron chi connectivity index (χ2n) is 9.41. The highest BCUT2D eigenvalue weighted by Gasteiger charge is 2.36. The lowest BCUT2D eigenvalue weighted by Crippen LogP contribution is -2.50. The molecule has 2 aromatic heterocycles. The first-order valence-corrected chi connectivity index (χ1v) is 12.8. The number of fused-ring (bicyclic) bond motifs is 1. The van der Waals surface area contributed by atoms with Gasteiger partial charge in [-0.15, -0.1) is 0 Å². The maximum atomic E-state index is 13.5. The number of likely N-dealkylation sites (N-methyl/N-ethyl adjacent to an activating group) is 1. The topological polar surface area (TPSA) is 79.3 Å². The molecular weight excluding hydrogens is 504 g/mol. The fraction of sp³-hybridized carbons (Fsp3) is 0.423. The van der Waals surface area contributed by atoms with Crippen LogP contribution in [0, 0.1) is 11.7 Å². The summed E-state index contributed by atoms with van der Waals surface area (Å²) in [5.41, 5.74) is 2.54. The van der Waals surface area contributed by atoms with E-state index in [9.17, 15) is 14.0 Å². The van der Waals surface area contributed by atoms with E-state index in [0.29, 0.717) is 17.9 Å². The molecule has 10 heteroatoms. The van der Waals surface area contributed by atoms with Crippen LogP contribution in [0.2, 0.25) is 10.0 Å². The van der Waals surface area contributed by atoms with Crippen LogP contribution in [0.5, 0.6) is 0 Å². The van der Waals surface area contributed by atoms with Crippen LogP contribution in [-0.2, 0) is 29.6 Å². The Labute approximate surface area is 220 Å². The first-order chi connectivity index (χ1) is 17.2. The lowest BCUT2D eigenvalue weighted by atomic mass is 9.96. The highest BCUT2D eigenvalue weighted by molar-refractivity contribution is 6.35. The highest BCUT2D eigenvalue weighted by atomic mass is 35.5. The Kier molecular flexibility index (Phi) is 8.17. The molecule has 0 aliphatic carbocycles. The smallest absolute Gasteiger partial charge is 0.242 e. The van der Waals surface area contributed by atoms with Gasteiger partial charge in [0.1, 0.15) is 17.5 Å². The fourth-order valence-corrected chi connectivity index (χ4v) is 5.33. The largest absolute Gasteiger partial charge is 0.350 e. The molecule has 1 aliphatic heterocycles. The minimum absolute atomic E-state index is 0.106. The maximum absolute atomic E-state index is 13.5. The van der Waals surface area contributed by atoms with Crippen molar-refractivity contribution in [2.75, 3.05) is 13.1 Å². The number of halogens is 3. The van der Waals surface area contributed by atoms with Crippen molar-refractivity contribution in [1.82, 2.24) is 25.1 Å². The summed E-state index contributed by atoms with van der Waals surface area (Å²) in [4.78, 5) is 32.3.